The summed E-state index contributed by atoms with van der Waals surface area (Å²) >= 11 is 0. The molecule has 5 nitrogen and oxygen atoms in total. The molecule has 1 aromatic carbocycles. The average Bonchev–Trinajstić information content (AvgIpc) is 2.82. The molecule has 20 heavy (non-hydrogen) atoms. The van der Waals surface area contributed by atoms with Crippen molar-refractivity contribution in [3.8, 4) is 0 Å². The van der Waals surface area contributed by atoms with E-state index in [2.05, 4.69) is 4.98 Å². The first kappa shape index (κ1) is 14.3. The monoisotopic (exact) mass is 273 g/mol. The van der Waals surface area contributed by atoms with Crippen molar-refractivity contribution in [1.29, 1.82) is 0 Å². The minimum atomic E-state index is -0.702. The zero-order valence-corrected chi connectivity index (χ0v) is 11.5. The fourth-order valence-electron chi connectivity index (χ4n) is 2.36. The summed E-state index contributed by atoms with van der Waals surface area (Å²) in [5, 5.41) is 0.879. The van der Waals surface area contributed by atoms with Crippen LogP contribution in [0.5, 0.6) is 0 Å². The molecule has 0 fully saturated rings. The van der Waals surface area contributed by atoms with Gasteiger partial charge in [-0.2, -0.15) is 0 Å². The van der Waals surface area contributed by atoms with Crippen molar-refractivity contribution in [1.82, 2.24) is 4.98 Å². The standard InChI is InChI=1S/C15H19N3O2/c1-2-11-14(9-5-3-4-6-12(9)18-11)15(20)10(16)7-8-13(17)19/h3-6,10,18H,2,7-8,16H2,1H3,(H2,17,19). The van der Waals surface area contributed by atoms with Gasteiger partial charge in [0.2, 0.25) is 5.91 Å². The molecule has 2 aromatic rings. The Hall–Kier alpha value is -2.14. The largest absolute Gasteiger partial charge is 0.370 e. The Morgan fingerprint density at radius 2 is 2.00 bits per heavy atom. The van der Waals surface area contributed by atoms with E-state index in [4.69, 9.17) is 11.5 Å². The van der Waals surface area contributed by atoms with Gasteiger partial charge in [0.25, 0.3) is 0 Å². The predicted octanol–water partition coefficient (Wildman–Crippen LogP) is 1.51. The molecular formula is C15H19N3O2. The summed E-state index contributed by atoms with van der Waals surface area (Å²) in [5.74, 6) is -0.580. The number of aromatic nitrogens is 1. The highest BCUT2D eigenvalue weighted by molar-refractivity contribution is 6.11. The smallest absolute Gasteiger partial charge is 0.217 e. The topological polar surface area (TPSA) is 102 Å². The highest BCUT2D eigenvalue weighted by Crippen LogP contribution is 2.24. The van der Waals surface area contributed by atoms with E-state index in [1.165, 1.54) is 0 Å². The highest BCUT2D eigenvalue weighted by atomic mass is 16.1. The van der Waals surface area contributed by atoms with Gasteiger partial charge in [-0.1, -0.05) is 25.1 Å². The average molecular weight is 273 g/mol. The first-order valence-electron chi connectivity index (χ1n) is 6.72. The second-order valence-electron chi connectivity index (χ2n) is 4.85. The Balaban J connectivity index is 2.35. The number of aromatic amines is 1. The summed E-state index contributed by atoms with van der Waals surface area (Å²) in [6.45, 7) is 1.98. The molecule has 1 atom stereocenters. The Morgan fingerprint density at radius 1 is 1.30 bits per heavy atom. The van der Waals surface area contributed by atoms with E-state index in [0.29, 0.717) is 5.56 Å². The molecule has 106 valence electrons. The van der Waals surface area contributed by atoms with E-state index in [0.717, 1.165) is 23.0 Å². The normalized spacial score (nSPS) is 12.5. The number of amides is 1. The third kappa shape index (κ3) is 2.72. The van der Waals surface area contributed by atoms with Gasteiger partial charge in [-0.15, -0.1) is 0 Å². The number of hydrogen-bond donors (Lipinski definition) is 3. The van der Waals surface area contributed by atoms with Gasteiger partial charge in [-0.25, -0.2) is 0 Å². The van der Waals surface area contributed by atoms with Crippen LogP contribution < -0.4 is 11.5 Å². The van der Waals surface area contributed by atoms with Gasteiger partial charge < -0.3 is 16.5 Å². The number of aryl methyl sites for hydroxylation is 1. The number of ketones is 1. The number of H-pyrrole nitrogens is 1. The summed E-state index contributed by atoms with van der Waals surface area (Å²) in [6.07, 6.45) is 1.12. The lowest BCUT2D eigenvalue weighted by atomic mass is 9.97. The van der Waals surface area contributed by atoms with Crippen LogP contribution >= 0.6 is 0 Å². The molecule has 5 heteroatoms. The molecule has 1 heterocycles. The Bertz CT molecular complexity index is 646. The molecule has 0 aliphatic rings. The molecule has 0 bridgehead atoms. The second-order valence-corrected chi connectivity index (χ2v) is 4.85. The van der Waals surface area contributed by atoms with Gasteiger partial charge in [-0.05, 0) is 18.9 Å². The zero-order valence-electron chi connectivity index (χ0n) is 11.5. The Morgan fingerprint density at radius 3 is 2.65 bits per heavy atom. The van der Waals surface area contributed by atoms with Crippen molar-refractivity contribution < 1.29 is 9.59 Å². The quantitative estimate of drug-likeness (QED) is 0.695. The van der Waals surface area contributed by atoms with Crippen molar-refractivity contribution in [2.75, 3.05) is 0 Å². The first-order chi connectivity index (χ1) is 9.54. The predicted molar refractivity (Wildman–Crippen MR) is 78.4 cm³/mol. The summed E-state index contributed by atoms with van der Waals surface area (Å²) in [7, 11) is 0. The minimum Gasteiger partial charge on any atom is -0.370 e. The van der Waals surface area contributed by atoms with E-state index in [-0.39, 0.29) is 18.6 Å². The molecule has 0 spiro atoms. The maximum atomic E-state index is 12.5. The number of para-hydroxylation sites is 1. The summed E-state index contributed by atoms with van der Waals surface area (Å²) in [6, 6.07) is 6.94. The van der Waals surface area contributed by atoms with Gasteiger partial charge in [0.15, 0.2) is 5.78 Å². The fourth-order valence-corrected chi connectivity index (χ4v) is 2.36. The molecule has 0 saturated heterocycles. The van der Waals surface area contributed by atoms with Crippen LogP contribution in [0.2, 0.25) is 0 Å². The number of carbonyl (C=O) groups excluding carboxylic acids is 2. The number of nitrogens with one attached hydrogen (secondary N) is 1. The van der Waals surface area contributed by atoms with Crippen molar-refractivity contribution >= 4 is 22.6 Å². The molecule has 0 saturated carbocycles. The number of benzene rings is 1. The fraction of sp³-hybridized carbons (Fsp3) is 0.333. The zero-order chi connectivity index (χ0) is 14.7. The van der Waals surface area contributed by atoms with Crippen molar-refractivity contribution in [2.24, 2.45) is 11.5 Å². The third-order valence-electron chi connectivity index (χ3n) is 3.42. The minimum absolute atomic E-state index is 0.122. The maximum absolute atomic E-state index is 12.5. The van der Waals surface area contributed by atoms with E-state index in [1.807, 2.05) is 31.2 Å². The van der Waals surface area contributed by atoms with Crippen LogP contribution in [-0.2, 0) is 11.2 Å². The highest BCUT2D eigenvalue weighted by Gasteiger charge is 2.22. The van der Waals surface area contributed by atoms with Crippen LogP contribution in [0.3, 0.4) is 0 Å². The second kappa shape index (κ2) is 5.88. The third-order valence-corrected chi connectivity index (χ3v) is 3.42. The number of rotatable bonds is 6. The van der Waals surface area contributed by atoms with Gasteiger partial charge in [-0.3, -0.25) is 9.59 Å². The summed E-state index contributed by atoms with van der Waals surface area (Å²) < 4.78 is 0. The lowest BCUT2D eigenvalue weighted by Gasteiger charge is -2.10. The van der Waals surface area contributed by atoms with Crippen LogP contribution in [0.1, 0.15) is 35.8 Å². The van der Waals surface area contributed by atoms with Gasteiger partial charge in [0.1, 0.15) is 0 Å². The van der Waals surface area contributed by atoms with Gasteiger partial charge in [0, 0.05) is 28.6 Å². The molecule has 1 aromatic heterocycles. The van der Waals surface area contributed by atoms with Crippen LogP contribution in [0.15, 0.2) is 24.3 Å². The van der Waals surface area contributed by atoms with E-state index >= 15 is 0 Å². The van der Waals surface area contributed by atoms with Crippen molar-refractivity contribution in [2.45, 2.75) is 32.2 Å². The van der Waals surface area contributed by atoms with E-state index in [1.54, 1.807) is 0 Å². The molecular weight excluding hydrogens is 254 g/mol. The van der Waals surface area contributed by atoms with Crippen LogP contribution in [0.25, 0.3) is 10.9 Å². The van der Waals surface area contributed by atoms with Crippen LogP contribution in [0, 0.1) is 0 Å². The number of nitrogens with two attached hydrogens (primary N) is 2. The molecule has 5 N–H and O–H groups in total. The molecule has 1 amide bonds. The number of fused-ring (bicyclic) bond motifs is 1. The first-order valence-corrected chi connectivity index (χ1v) is 6.72. The summed E-state index contributed by atoms with van der Waals surface area (Å²) in [5.41, 5.74) is 13.4. The summed E-state index contributed by atoms with van der Waals surface area (Å²) in [4.78, 5) is 26.6. The van der Waals surface area contributed by atoms with E-state index in [9.17, 15) is 9.59 Å². The Kier molecular flexibility index (Phi) is 4.20. The van der Waals surface area contributed by atoms with Crippen LogP contribution in [0.4, 0.5) is 0 Å². The van der Waals surface area contributed by atoms with Crippen molar-refractivity contribution in [3.63, 3.8) is 0 Å². The number of primary amides is 1. The number of hydrogen-bond acceptors (Lipinski definition) is 3. The molecule has 0 aliphatic heterocycles. The lowest BCUT2D eigenvalue weighted by molar-refractivity contribution is -0.118. The van der Waals surface area contributed by atoms with Crippen LogP contribution in [-0.4, -0.2) is 22.7 Å². The lowest BCUT2D eigenvalue weighted by Crippen LogP contribution is -2.32. The maximum Gasteiger partial charge on any atom is 0.217 e. The van der Waals surface area contributed by atoms with Crippen molar-refractivity contribution in [3.05, 3.63) is 35.5 Å². The molecule has 0 radical (unpaired) electrons. The van der Waals surface area contributed by atoms with E-state index < -0.39 is 11.9 Å². The SMILES string of the molecule is CCc1[nH]c2ccccc2c1C(=O)C(N)CCC(N)=O. The Labute approximate surface area is 117 Å². The molecule has 1 unspecified atom stereocenters. The number of Topliss-reactive ketones (excluding diaryl/α,β-unsaturated/α-hetero) is 1. The molecule has 2 rings (SSSR count). The number of carbonyl (C=O) groups is 2. The van der Waals surface area contributed by atoms with Gasteiger partial charge in [0.05, 0.1) is 6.04 Å². The van der Waals surface area contributed by atoms with Gasteiger partial charge >= 0.3 is 0 Å². The molecule has 0 aliphatic carbocycles.